The van der Waals surface area contributed by atoms with Crippen LogP contribution < -0.4 is 9.64 Å². The summed E-state index contributed by atoms with van der Waals surface area (Å²) in [6, 6.07) is 25.0. The molecule has 4 heteroatoms. The lowest BCUT2D eigenvalue weighted by atomic mass is 9.96. The number of hydrogen-bond acceptors (Lipinski definition) is 3. The number of carbonyl (C=O) groups is 1. The quantitative estimate of drug-likeness (QED) is 0.541. The Hall–Kier alpha value is -3.79. The monoisotopic (exact) mass is 411 g/mol. The molecule has 1 atom stereocenters. The first kappa shape index (κ1) is 20.5. The lowest BCUT2D eigenvalue weighted by molar-refractivity contribution is -0.117. The van der Waals surface area contributed by atoms with Crippen molar-refractivity contribution in [3.63, 3.8) is 0 Å². The predicted octanol–water partition coefficient (Wildman–Crippen LogP) is 6.01. The molecule has 0 spiro atoms. The maximum absolute atomic E-state index is 13.1. The fourth-order valence-corrected chi connectivity index (χ4v) is 3.86. The zero-order chi connectivity index (χ0) is 21.8. The van der Waals surface area contributed by atoms with E-state index in [1.165, 1.54) is 0 Å². The Morgan fingerprint density at radius 1 is 0.968 bits per heavy atom. The van der Waals surface area contributed by atoms with Gasteiger partial charge in [0.1, 0.15) is 5.75 Å². The Kier molecular flexibility index (Phi) is 5.89. The van der Waals surface area contributed by atoms with Gasteiger partial charge in [-0.05, 0) is 48.7 Å². The highest BCUT2D eigenvalue weighted by Gasteiger charge is 2.40. The molecule has 1 aliphatic rings. The number of ether oxygens (including phenoxy) is 1. The SMILES string of the molecule is COc1ccc(C2C(C/C=C/c3ccccc3)=C(O)C(=O)N2c2ccc(C)cc2)cc1. The molecule has 0 aromatic heterocycles. The average Bonchev–Trinajstić information content (AvgIpc) is 3.05. The molecule has 3 aromatic rings. The van der Waals surface area contributed by atoms with Crippen LogP contribution in [0, 0.1) is 6.92 Å². The molecular formula is C27H25NO3. The van der Waals surface area contributed by atoms with E-state index in [9.17, 15) is 9.90 Å². The summed E-state index contributed by atoms with van der Waals surface area (Å²) in [4.78, 5) is 14.8. The van der Waals surface area contributed by atoms with E-state index >= 15 is 0 Å². The van der Waals surface area contributed by atoms with Gasteiger partial charge in [0.05, 0.1) is 13.2 Å². The maximum Gasteiger partial charge on any atom is 0.293 e. The number of aryl methyl sites for hydroxylation is 1. The smallest absolute Gasteiger partial charge is 0.293 e. The van der Waals surface area contributed by atoms with Crippen LogP contribution >= 0.6 is 0 Å². The summed E-state index contributed by atoms with van der Waals surface area (Å²) in [7, 11) is 1.62. The Labute approximate surface area is 182 Å². The predicted molar refractivity (Wildman–Crippen MR) is 124 cm³/mol. The van der Waals surface area contributed by atoms with Gasteiger partial charge in [-0.2, -0.15) is 0 Å². The lowest BCUT2D eigenvalue weighted by Gasteiger charge is -2.27. The molecule has 1 amide bonds. The summed E-state index contributed by atoms with van der Waals surface area (Å²) in [5.74, 6) is 0.181. The summed E-state index contributed by atoms with van der Waals surface area (Å²) in [6.07, 6.45) is 4.46. The summed E-state index contributed by atoms with van der Waals surface area (Å²) in [5, 5.41) is 10.8. The van der Waals surface area contributed by atoms with Gasteiger partial charge in [0.15, 0.2) is 5.76 Å². The van der Waals surface area contributed by atoms with E-state index in [1.807, 2.05) is 97.9 Å². The lowest BCUT2D eigenvalue weighted by Crippen LogP contribution is -2.30. The van der Waals surface area contributed by atoms with E-state index in [2.05, 4.69) is 0 Å². The molecule has 0 aliphatic carbocycles. The molecule has 31 heavy (non-hydrogen) atoms. The third-order valence-electron chi connectivity index (χ3n) is 5.51. The highest BCUT2D eigenvalue weighted by Crippen LogP contribution is 2.42. The first-order chi connectivity index (χ1) is 15.1. The number of aliphatic hydroxyl groups excluding tert-OH is 1. The highest BCUT2D eigenvalue weighted by molar-refractivity contribution is 6.08. The van der Waals surface area contributed by atoms with Gasteiger partial charge in [-0.1, -0.05) is 72.3 Å². The molecule has 1 heterocycles. The van der Waals surface area contributed by atoms with Crippen LogP contribution in [0.25, 0.3) is 6.08 Å². The molecule has 3 aromatic carbocycles. The molecule has 0 fully saturated rings. The highest BCUT2D eigenvalue weighted by atomic mass is 16.5. The third-order valence-corrected chi connectivity index (χ3v) is 5.51. The van der Waals surface area contributed by atoms with Crippen LogP contribution in [-0.4, -0.2) is 18.1 Å². The Bertz CT molecular complexity index is 1110. The van der Waals surface area contributed by atoms with Crippen molar-refractivity contribution in [3.05, 3.63) is 113 Å². The van der Waals surface area contributed by atoms with Gasteiger partial charge in [-0.3, -0.25) is 9.69 Å². The van der Waals surface area contributed by atoms with Crippen molar-refractivity contribution in [1.29, 1.82) is 0 Å². The van der Waals surface area contributed by atoms with Crippen molar-refractivity contribution in [2.45, 2.75) is 19.4 Å². The number of nitrogens with zero attached hydrogens (tertiary/aromatic N) is 1. The van der Waals surface area contributed by atoms with Gasteiger partial charge in [0, 0.05) is 11.3 Å². The van der Waals surface area contributed by atoms with Gasteiger partial charge in [0.25, 0.3) is 5.91 Å². The van der Waals surface area contributed by atoms with Crippen molar-refractivity contribution < 1.29 is 14.6 Å². The molecule has 1 N–H and O–H groups in total. The van der Waals surface area contributed by atoms with Crippen LogP contribution in [0.2, 0.25) is 0 Å². The van der Waals surface area contributed by atoms with E-state index in [-0.39, 0.29) is 17.7 Å². The number of methoxy groups -OCH3 is 1. The molecule has 0 saturated heterocycles. The number of carbonyl (C=O) groups excluding carboxylic acids is 1. The maximum atomic E-state index is 13.1. The summed E-state index contributed by atoms with van der Waals surface area (Å²) < 4.78 is 5.29. The average molecular weight is 412 g/mol. The van der Waals surface area contributed by atoms with Crippen molar-refractivity contribution in [2.75, 3.05) is 12.0 Å². The number of rotatable bonds is 6. The zero-order valence-corrected chi connectivity index (χ0v) is 17.7. The van der Waals surface area contributed by atoms with Crippen molar-refractivity contribution in [2.24, 2.45) is 0 Å². The van der Waals surface area contributed by atoms with Crippen LogP contribution in [0.4, 0.5) is 5.69 Å². The van der Waals surface area contributed by atoms with Gasteiger partial charge in [0.2, 0.25) is 0 Å². The second-order valence-corrected chi connectivity index (χ2v) is 7.58. The fraction of sp³-hybridized carbons (Fsp3) is 0.148. The Morgan fingerprint density at radius 2 is 1.65 bits per heavy atom. The van der Waals surface area contributed by atoms with Crippen molar-refractivity contribution in [3.8, 4) is 5.75 Å². The molecule has 1 aliphatic heterocycles. The minimum atomic E-state index is -0.387. The first-order valence-corrected chi connectivity index (χ1v) is 10.3. The fourth-order valence-electron chi connectivity index (χ4n) is 3.86. The molecule has 0 radical (unpaired) electrons. The van der Waals surface area contributed by atoms with Crippen LogP contribution in [0.15, 0.2) is 96.3 Å². The Balaban J connectivity index is 1.72. The minimum absolute atomic E-state index is 0.181. The van der Waals surface area contributed by atoms with Gasteiger partial charge in [-0.25, -0.2) is 0 Å². The number of allylic oxidation sites excluding steroid dienone is 1. The number of benzene rings is 3. The van der Waals surface area contributed by atoms with Crippen LogP contribution in [-0.2, 0) is 4.79 Å². The molecule has 0 bridgehead atoms. The van der Waals surface area contributed by atoms with E-state index in [4.69, 9.17) is 4.74 Å². The van der Waals surface area contributed by atoms with E-state index in [0.717, 1.165) is 28.1 Å². The normalized spacial score (nSPS) is 16.4. The topological polar surface area (TPSA) is 49.8 Å². The van der Waals surface area contributed by atoms with E-state index in [0.29, 0.717) is 12.0 Å². The van der Waals surface area contributed by atoms with Gasteiger partial charge in [-0.15, -0.1) is 0 Å². The van der Waals surface area contributed by atoms with Gasteiger partial charge < -0.3 is 9.84 Å². The number of aliphatic hydroxyl groups is 1. The number of amides is 1. The summed E-state index contributed by atoms with van der Waals surface area (Å²) in [5.41, 5.74) is 4.54. The van der Waals surface area contributed by atoms with E-state index < -0.39 is 0 Å². The summed E-state index contributed by atoms with van der Waals surface area (Å²) >= 11 is 0. The van der Waals surface area contributed by atoms with Crippen LogP contribution in [0.5, 0.6) is 5.75 Å². The van der Waals surface area contributed by atoms with Crippen molar-refractivity contribution >= 4 is 17.7 Å². The first-order valence-electron chi connectivity index (χ1n) is 10.3. The van der Waals surface area contributed by atoms with Crippen LogP contribution in [0.3, 0.4) is 0 Å². The second kappa shape index (κ2) is 8.92. The molecule has 4 nitrogen and oxygen atoms in total. The summed E-state index contributed by atoms with van der Waals surface area (Å²) in [6.45, 7) is 2.01. The standard InChI is InChI=1S/C27H25NO3/c1-19-11-15-22(16-12-19)28-25(21-13-17-23(31-2)18-14-21)24(26(29)27(28)30)10-6-9-20-7-4-3-5-8-20/h3-9,11-18,25,29H,10H2,1-2H3/b9-6+. The molecule has 156 valence electrons. The Morgan fingerprint density at radius 3 is 2.29 bits per heavy atom. The zero-order valence-electron chi connectivity index (χ0n) is 17.7. The third kappa shape index (κ3) is 4.24. The number of anilines is 1. The molecule has 0 saturated carbocycles. The van der Waals surface area contributed by atoms with E-state index in [1.54, 1.807) is 12.0 Å². The van der Waals surface area contributed by atoms with Crippen molar-refractivity contribution in [1.82, 2.24) is 0 Å². The number of hydrogen-bond donors (Lipinski definition) is 1. The second-order valence-electron chi connectivity index (χ2n) is 7.58. The largest absolute Gasteiger partial charge is 0.503 e. The molecular weight excluding hydrogens is 386 g/mol. The molecule has 1 unspecified atom stereocenters. The minimum Gasteiger partial charge on any atom is -0.503 e. The van der Waals surface area contributed by atoms with Crippen LogP contribution in [0.1, 0.15) is 29.2 Å². The molecule has 4 rings (SSSR count). The van der Waals surface area contributed by atoms with Gasteiger partial charge >= 0.3 is 0 Å².